The highest BCUT2D eigenvalue weighted by Crippen LogP contribution is 2.28. The molecule has 1 aliphatic rings. The maximum absolute atomic E-state index is 5.79. The molecule has 0 unspecified atom stereocenters. The summed E-state index contributed by atoms with van der Waals surface area (Å²) in [5.41, 5.74) is 0.397. The van der Waals surface area contributed by atoms with Crippen molar-refractivity contribution in [3.63, 3.8) is 0 Å². The second-order valence-corrected chi connectivity index (χ2v) is 4.90. The SMILES string of the molecule is C=C1OB(c2ccc(-n3cccn3)nc2)OC1(C)C. The van der Waals surface area contributed by atoms with Crippen LogP contribution in [-0.4, -0.2) is 27.5 Å². The highest BCUT2D eigenvalue weighted by molar-refractivity contribution is 6.62. The summed E-state index contributed by atoms with van der Waals surface area (Å²) in [5, 5.41) is 4.13. The Kier molecular flexibility index (Phi) is 2.67. The van der Waals surface area contributed by atoms with Gasteiger partial charge in [-0.3, -0.25) is 0 Å². The Morgan fingerprint density at radius 3 is 2.74 bits per heavy atom. The Morgan fingerprint density at radius 2 is 2.21 bits per heavy atom. The highest BCUT2D eigenvalue weighted by atomic mass is 16.7. The smallest absolute Gasteiger partial charge is 0.534 e. The van der Waals surface area contributed by atoms with Crippen LogP contribution in [0.15, 0.2) is 49.1 Å². The van der Waals surface area contributed by atoms with Crippen LogP contribution in [-0.2, 0) is 9.31 Å². The molecule has 2 aromatic rings. The Hall–Kier alpha value is -2.08. The molecule has 0 bridgehead atoms. The van der Waals surface area contributed by atoms with E-state index in [1.807, 2.05) is 38.2 Å². The van der Waals surface area contributed by atoms with Crippen LogP contribution in [0.2, 0.25) is 0 Å². The molecule has 3 heterocycles. The Morgan fingerprint density at radius 1 is 1.37 bits per heavy atom. The lowest BCUT2D eigenvalue weighted by Crippen LogP contribution is -2.34. The summed E-state index contributed by atoms with van der Waals surface area (Å²) in [6.45, 7) is 7.72. The van der Waals surface area contributed by atoms with Crippen LogP contribution in [0.4, 0.5) is 0 Å². The van der Waals surface area contributed by atoms with Gasteiger partial charge in [0.05, 0.1) is 5.76 Å². The molecule has 6 heteroatoms. The van der Waals surface area contributed by atoms with Crippen molar-refractivity contribution in [2.24, 2.45) is 0 Å². The third kappa shape index (κ3) is 2.15. The van der Waals surface area contributed by atoms with Crippen LogP contribution >= 0.6 is 0 Å². The lowest BCUT2D eigenvalue weighted by atomic mass is 9.80. The minimum atomic E-state index is -0.467. The summed E-state index contributed by atoms with van der Waals surface area (Å²) in [5.74, 6) is 1.39. The number of rotatable bonds is 2. The van der Waals surface area contributed by atoms with Crippen LogP contribution in [0.25, 0.3) is 5.82 Å². The molecule has 0 N–H and O–H groups in total. The van der Waals surface area contributed by atoms with E-state index in [9.17, 15) is 0 Å². The van der Waals surface area contributed by atoms with E-state index in [2.05, 4.69) is 16.7 Å². The van der Waals surface area contributed by atoms with E-state index < -0.39 is 12.7 Å². The van der Waals surface area contributed by atoms with E-state index in [0.717, 1.165) is 11.3 Å². The largest absolute Gasteiger partial charge is 0.564 e. The third-order valence-electron chi connectivity index (χ3n) is 3.10. The van der Waals surface area contributed by atoms with Gasteiger partial charge in [-0.1, -0.05) is 12.6 Å². The Labute approximate surface area is 112 Å². The van der Waals surface area contributed by atoms with Crippen molar-refractivity contribution in [1.29, 1.82) is 0 Å². The molecule has 0 saturated carbocycles. The minimum absolute atomic E-state index is 0.443. The summed E-state index contributed by atoms with van der Waals surface area (Å²) < 4.78 is 13.1. The summed E-state index contributed by atoms with van der Waals surface area (Å²) >= 11 is 0. The Bertz CT molecular complexity index is 593. The molecule has 3 rings (SSSR count). The molecule has 0 aliphatic carbocycles. The van der Waals surface area contributed by atoms with Gasteiger partial charge in [0.1, 0.15) is 5.60 Å². The van der Waals surface area contributed by atoms with Gasteiger partial charge in [-0.25, -0.2) is 9.67 Å². The van der Waals surface area contributed by atoms with Crippen LogP contribution in [0.5, 0.6) is 0 Å². The molecule has 0 atom stereocenters. The average Bonchev–Trinajstić information content (AvgIpc) is 2.99. The molecule has 0 amide bonds. The van der Waals surface area contributed by atoms with Crippen molar-refractivity contribution in [2.45, 2.75) is 19.4 Å². The van der Waals surface area contributed by atoms with Gasteiger partial charge in [-0.2, -0.15) is 5.10 Å². The molecule has 19 heavy (non-hydrogen) atoms. The maximum atomic E-state index is 5.79. The molecular weight excluding hydrogens is 241 g/mol. The van der Waals surface area contributed by atoms with Crippen molar-refractivity contribution in [3.05, 3.63) is 49.1 Å². The van der Waals surface area contributed by atoms with Crippen LogP contribution in [0, 0.1) is 0 Å². The molecule has 96 valence electrons. The zero-order chi connectivity index (χ0) is 13.5. The van der Waals surface area contributed by atoms with Crippen molar-refractivity contribution < 1.29 is 9.31 Å². The van der Waals surface area contributed by atoms with Gasteiger partial charge >= 0.3 is 7.12 Å². The summed E-state index contributed by atoms with van der Waals surface area (Å²) in [6.07, 6.45) is 5.29. The number of pyridine rings is 1. The Balaban J connectivity index is 1.83. The van der Waals surface area contributed by atoms with E-state index in [4.69, 9.17) is 9.31 Å². The molecule has 0 aromatic carbocycles. The maximum Gasteiger partial charge on any atom is 0.564 e. The van der Waals surface area contributed by atoms with E-state index in [-0.39, 0.29) is 0 Å². The lowest BCUT2D eigenvalue weighted by molar-refractivity contribution is 0.173. The molecule has 1 saturated heterocycles. The van der Waals surface area contributed by atoms with E-state index in [1.165, 1.54) is 0 Å². The summed E-state index contributed by atoms with van der Waals surface area (Å²) in [7, 11) is -0.443. The van der Waals surface area contributed by atoms with Crippen molar-refractivity contribution >= 4 is 12.6 Å². The fourth-order valence-corrected chi connectivity index (χ4v) is 1.84. The first kappa shape index (κ1) is 12.0. The standard InChI is InChI=1S/C13H14BN3O2/c1-10-13(2,3)19-14(18-10)11-5-6-12(15-9-11)17-8-4-7-16-17/h4-9H,1H2,2-3H3. The summed E-state index contributed by atoms with van der Waals surface area (Å²) in [4.78, 5) is 4.35. The first-order chi connectivity index (χ1) is 9.06. The lowest BCUT2D eigenvalue weighted by Gasteiger charge is -2.15. The predicted octanol–water partition coefficient (Wildman–Crippen LogP) is 1.30. The molecule has 1 fully saturated rings. The molecule has 1 aliphatic heterocycles. The third-order valence-corrected chi connectivity index (χ3v) is 3.10. The first-order valence-electron chi connectivity index (χ1n) is 6.06. The van der Waals surface area contributed by atoms with Gasteiger partial charge in [0.15, 0.2) is 5.82 Å². The van der Waals surface area contributed by atoms with E-state index in [1.54, 1.807) is 17.1 Å². The van der Waals surface area contributed by atoms with Gasteiger partial charge in [0.25, 0.3) is 0 Å². The second-order valence-electron chi connectivity index (χ2n) is 4.90. The van der Waals surface area contributed by atoms with E-state index in [0.29, 0.717) is 5.76 Å². The second kappa shape index (κ2) is 4.24. The topological polar surface area (TPSA) is 49.2 Å². The van der Waals surface area contributed by atoms with Crippen LogP contribution in [0.1, 0.15) is 13.8 Å². The quantitative estimate of drug-likeness (QED) is 0.759. The van der Waals surface area contributed by atoms with Gasteiger partial charge in [0, 0.05) is 24.1 Å². The highest BCUT2D eigenvalue weighted by Gasteiger charge is 2.42. The number of hydrogen-bond donors (Lipinski definition) is 0. The minimum Gasteiger partial charge on any atom is -0.534 e. The molecule has 2 aromatic heterocycles. The normalized spacial score (nSPS) is 17.6. The average molecular weight is 255 g/mol. The van der Waals surface area contributed by atoms with Crippen molar-refractivity contribution in [3.8, 4) is 5.82 Å². The summed E-state index contributed by atoms with van der Waals surface area (Å²) in [6, 6.07) is 5.65. The van der Waals surface area contributed by atoms with Crippen LogP contribution in [0.3, 0.4) is 0 Å². The predicted molar refractivity (Wildman–Crippen MR) is 72.1 cm³/mol. The number of hydrogen-bond acceptors (Lipinski definition) is 4. The zero-order valence-electron chi connectivity index (χ0n) is 10.9. The first-order valence-corrected chi connectivity index (χ1v) is 6.06. The van der Waals surface area contributed by atoms with Crippen molar-refractivity contribution in [2.75, 3.05) is 0 Å². The molecule has 5 nitrogen and oxygen atoms in total. The number of nitrogens with zero attached hydrogens (tertiary/aromatic N) is 3. The monoisotopic (exact) mass is 255 g/mol. The fraction of sp³-hybridized carbons (Fsp3) is 0.231. The van der Waals surface area contributed by atoms with Gasteiger partial charge in [-0.05, 0) is 26.0 Å². The fourth-order valence-electron chi connectivity index (χ4n) is 1.84. The van der Waals surface area contributed by atoms with Crippen LogP contribution < -0.4 is 5.46 Å². The molecule has 0 spiro atoms. The van der Waals surface area contributed by atoms with E-state index >= 15 is 0 Å². The number of aromatic nitrogens is 3. The molecular formula is C13H14BN3O2. The molecule has 0 radical (unpaired) electrons. The van der Waals surface area contributed by atoms with Crippen molar-refractivity contribution in [1.82, 2.24) is 14.8 Å². The van der Waals surface area contributed by atoms with Gasteiger partial charge in [0.2, 0.25) is 0 Å². The zero-order valence-corrected chi connectivity index (χ0v) is 10.9. The van der Waals surface area contributed by atoms with Gasteiger partial charge < -0.3 is 9.31 Å². The van der Waals surface area contributed by atoms with Gasteiger partial charge in [-0.15, -0.1) is 0 Å².